The monoisotopic (exact) mass is 420 g/mol. The first kappa shape index (κ1) is 19.9. The molecule has 0 radical (unpaired) electrons. The lowest BCUT2D eigenvalue weighted by atomic mass is 10.1. The third kappa shape index (κ3) is 4.13. The van der Waals surface area contributed by atoms with Crippen LogP contribution in [-0.2, 0) is 11.3 Å². The maximum absolute atomic E-state index is 12.3. The van der Waals surface area contributed by atoms with Gasteiger partial charge in [0.05, 0.1) is 5.75 Å². The molecule has 30 heavy (non-hydrogen) atoms. The normalized spacial score (nSPS) is 11.0. The van der Waals surface area contributed by atoms with E-state index in [9.17, 15) is 9.59 Å². The number of hydrogen-bond donors (Lipinski definition) is 1. The van der Waals surface area contributed by atoms with Gasteiger partial charge in [-0.05, 0) is 50.2 Å². The van der Waals surface area contributed by atoms with Crippen LogP contribution < -0.4 is 5.32 Å². The number of ketones is 1. The van der Waals surface area contributed by atoms with Gasteiger partial charge in [0, 0.05) is 23.2 Å². The summed E-state index contributed by atoms with van der Waals surface area (Å²) < 4.78 is 7.83. The number of carbonyl (C=O) groups is 2. The maximum atomic E-state index is 12.3. The first-order valence-corrected chi connectivity index (χ1v) is 10.5. The molecule has 152 valence electrons. The number of furan rings is 1. The van der Waals surface area contributed by atoms with E-state index in [2.05, 4.69) is 15.5 Å². The number of rotatable bonds is 7. The molecule has 0 atom stereocenters. The van der Waals surface area contributed by atoms with Gasteiger partial charge in [0.25, 0.3) is 0 Å². The zero-order valence-electron chi connectivity index (χ0n) is 16.6. The Morgan fingerprint density at radius 3 is 2.57 bits per heavy atom. The van der Waals surface area contributed by atoms with Crippen molar-refractivity contribution >= 4 is 40.1 Å². The van der Waals surface area contributed by atoms with Gasteiger partial charge in [0.2, 0.25) is 11.7 Å². The second-order valence-electron chi connectivity index (χ2n) is 6.67. The van der Waals surface area contributed by atoms with Gasteiger partial charge in [0.1, 0.15) is 5.58 Å². The van der Waals surface area contributed by atoms with Crippen molar-refractivity contribution in [2.45, 2.75) is 25.5 Å². The van der Waals surface area contributed by atoms with Gasteiger partial charge < -0.3 is 9.73 Å². The Hall–Kier alpha value is -3.39. The molecular formula is C22H20N4O3S. The molecule has 0 fully saturated rings. The van der Waals surface area contributed by atoms with Crippen LogP contribution in [0, 0.1) is 0 Å². The van der Waals surface area contributed by atoms with E-state index in [4.69, 9.17) is 4.42 Å². The number of hydrogen-bond acceptors (Lipinski definition) is 6. The number of amides is 1. The fourth-order valence-corrected chi connectivity index (χ4v) is 3.87. The summed E-state index contributed by atoms with van der Waals surface area (Å²) >= 11 is 1.31. The SMILES string of the molecule is CCn1c(SCC(=O)Nc2ccc(C(C)=O)cc2)nnc1-c1cc2ccccc2o1. The van der Waals surface area contributed by atoms with Gasteiger partial charge in [-0.15, -0.1) is 10.2 Å². The number of anilines is 1. The molecule has 0 aliphatic carbocycles. The molecule has 1 amide bonds. The predicted octanol–water partition coefficient (Wildman–Crippen LogP) is 4.64. The average molecular weight is 420 g/mol. The molecule has 0 bridgehead atoms. The Bertz CT molecular complexity index is 1180. The zero-order valence-corrected chi connectivity index (χ0v) is 17.4. The van der Waals surface area contributed by atoms with Gasteiger partial charge in [-0.2, -0.15) is 0 Å². The number of carbonyl (C=O) groups excluding carboxylic acids is 2. The molecule has 7 nitrogen and oxygen atoms in total. The van der Waals surface area contributed by atoms with E-state index >= 15 is 0 Å². The summed E-state index contributed by atoms with van der Waals surface area (Å²) in [6, 6.07) is 16.5. The lowest BCUT2D eigenvalue weighted by Crippen LogP contribution is -2.14. The molecule has 0 spiro atoms. The van der Waals surface area contributed by atoms with Crippen LogP contribution >= 0.6 is 11.8 Å². The van der Waals surface area contributed by atoms with Crippen LogP contribution in [0.5, 0.6) is 0 Å². The standard InChI is InChI=1S/C22H20N4O3S/c1-3-26-21(19-12-16-6-4-5-7-18(16)29-19)24-25-22(26)30-13-20(28)23-17-10-8-15(9-11-17)14(2)27/h4-12H,3,13H2,1-2H3,(H,23,28). The number of para-hydroxylation sites is 1. The highest BCUT2D eigenvalue weighted by molar-refractivity contribution is 7.99. The minimum atomic E-state index is -0.161. The van der Waals surface area contributed by atoms with Crippen LogP contribution in [0.2, 0.25) is 0 Å². The van der Waals surface area contributed by atoms with Gasteiger partial charge in [-0.3, -0.25) is 14.2 Å². The van der Waals surface area contributed by atoms with Crippen LogP contribution in [0.1, 0.15) is 24.2 Å². The molecule has 0 saturated heterocycles. The molecule has 0 saturated carbocycles. The highest BCUT2D eigenvalue weighted by atomic mass is 32.2. The fourth-order valence-electron chi connectivity index (χ4n) is 3.07. The van der Waals surface area contributed by atoms with Crippen molar-refractivity contribution in [1.29, 1.82) is 0 Å². The van der Waals surface area contributed by atoms with Crippen LogP contribution in [0.4, 0.5) is 5.69 Å². The Morgan fingerprint density at radius 2 is 1.87 bits per heavy atom. The summed E-state index contributed by atoms with van der Waals surface area (Å²) in [7, 11) is 0. The van der Waals surface area contributed by atoms with Crippen LogP contribution in [0.15, 0.2) is 64.2 Å². The van der Waals surface area contributed by atoms with Crippen molar-refractivity contribution in [2.24, 2.45) is 0 Å². The van der Waals surface area contributed by atoms with E-state index in [0.717, 1.165) is 11.0 Å². The Balaban J connectivity index is 1.44. The number of fused-ring (bicyclic) bond motifs is 1. The van der Waals surface area contributed by atoms with E-state index in [1.54, 1.807) is 24.3 Å². The number of benzene rings is 2. The fraction of sp³-hybridized carbons (Fsp3) is 0.182. The quantitative estimate of drug-likeness (QED) is 0.346. The number of thioether (sulfide) groups is 1. The van der Waals surface area contributed by atoms with Gasteiger partial charge in [-0.1, -0.05) is 30.0 Å². The minimum Gasteiger partial charge on any atom is -0.453 e. The van der Waals surface area contributed by atoms with Crippen LogP contribution in [0.3, 0.4) is 0 Å². The third-order valence-corrected chi connectivity index (χ3v) is 5.55. The maximum Gasteiger partial charge on any atom is 0.234 e. The Morgan fingerprint density at radius 1 is 1.10 bits per heavy atom. The van der Waals surface area contributed by atoms with E-state index in [1.807, 2.05) is 41.8 Å². The highest BCUT2D eigenvalue weighted by Crippen LogP contribution is 2.29. The highest BCUT2D eigenvalue weighted by Gasteiger charge is 2.18. The minimum absolute atomic E-state index is 0.0115. The number of aromatic nitrogens is 3. The van der Waals surface area contributed by atoms with E-state index in [-0.39, 0.29) is 17.4 Å². The summed E-state index contributed by atoms with van der Waals surface area (Å²) in [6.07, 6.45) is 0. The van der Waals surface area contributed by atoms with E-state index in [1.165, 1.54) is 18.7 Å². The lowest BCUT2D eigenvalue weighted by Gasteiger charge is -2.07. The molecule has 4 aromatic rings. The topological polar surface area (TPSA) is 90.0 Å². The molecule has 2 aromatic carbocycles. The summed E-state index contributed by atoms with van der Waals surface area (Å²) in [5, 5.41) is 13.0. The van der Waals surface area contributed by atoms with Crippen molar-refractivity contribution in [3.63, 3.8) is 0 Å². The van der Waals surface area contributed by atoms with E-state index < -0.39 is 0 Å². The molecule has 1 N–H and O–H groups in total. The molecule has 8 heteroatoms. The van der Waals surface area contributed by atoms with Crippen molar-refractivity contribution in [2.75, 3.05) is 11.1 Å². The first-order valence-electron chi connectivity index (χ1n) is 9.51. The average Bonchev–Trinajstić information content (AvgIpc) is 3.36. The molecule has 0 aliphatic heterocycles. The summed E-state index contributed by atoms with van der Waals surface area (Å²) in [6.45, 7) is 4.15. The van der Waals surface area contributed by atoms with Crippen molar-refractivity contribution < 1.29 is 14.0 Å². The molecular weight excluding hydrogens is 400 g/mol. The summed E-state index contributed by atoms with van der Waals surface area (Å²) in [5.41, 5.74) is 2.05. The molecule has 0 unspecified atom stereocenters. The first-order chi connectivity index (χ1) is 14.5. The largest absolute Gasteiger partial charge is 0.453 e. The van der Waals surface area contributed by atoms with Crippen molar-refractivity contribution in [3.05, 3.63) is 60.2 Å². The summed E-state index contributed by atoms with van der Waals surface area (Å²) in [5.74, 6) is 1.30. The second kappa shape index (κ2) is 8.54. The smallest absolute Gasteiger partial charge is 0.234 e. The molecule has 2 heterocycles. The lowest BCUT2D eigenvalue weighted by molar-refractivity contribution is -0.113. The predicted molar refractivity (Wildman–Crippen MR) is 117 cm³/mol. The van der Waals surface area contributed by atoms with Crippen LogP contribution in [-0.4, -0.2) is 32.2 Å². The van der Waals surface area contributed by atoms with Gasteiger partial charge >= 0.3 is 0 Å². The second-order valence-corrected chi connectivity index (χ2v) is 7.61. The third-order valence-electron chi connectivity index (χ3n) is 4.59. The molecule has 2 aromatic heterocycles. The number of nitrogens with zero attached hydrogens (tertiary/aromatic N) is 3. The summed E-state index contributed by atoms with van der Waals surface area (Å²) in [4.78, 5) is 23.7. The Labute approximate surface area is 177 Å². The van der Waals surface area contributed by atoms with Crippen LogP contribution in [0.25, 0.3) is 22.6 Å². The van der Waals surface area contributed by atoms with E-state index in [0.29, 0.717) is 34.5 Å². The van der Waals surface area contributed by atoms with Gasteiger partial charge in [-0.25, -0.2) is 0 Å². The molecule has 0 aliphatic rings. The molecule has 4 rings (SSSR count). The van der Waals surface area contributed by atoms with Crippen molar-refractivity contribution in [1.82, 2.24) is 14.8 Å². The van der Waals surface area contributed by atoms with Crippen molar-refractivity contribution in [3.8, 4) is 11.6 Å². The number of nitrogens with one attached hydrogen (secondary N) is 1. The Kier molecular flexibility index (Phi) is 5.67. The van der Waals surface area contributed by atoms with Gasteiger partial charge in [0.15, 0.2) is 16.7 Å². The number of Topliss-reactive ketones (excluding diaryl/α,β-unsaturated/α-hetero) is 1. The zero-order chi connectivity index (χ0) is 21.1.